The Balaban J connectivity index is 1.80. The zero-order valence-electron chi connectivity index (χ0n) is 12.2. The van der Waals surface area contributed by atoms with Gasteiger partial charge in [0.1, 0.15) is 4.90 Å². The molecule has 3 heterocycles. The Hall–Kier alpha value is -1.51. The third-order valence-electron chi connectivity index (χ3n) is 3.83. The molecule has 0 N–H and O–H groups in total. The number of nitrogens with zero attached hydrogens (tertiary/aromatic N) is 3. The molecule has 2 aromatic rings. The van der Waals surface area contributed by atoms with Gasteiger partial charge in [0.05, 0.1) is 11.1 Å². The smallest absolute Gasteiger partial charge is 0.246 e. The van der Waals surface area contributed by atoms with Gasteiger partial charge in [0.15, 0.2) is 5.78 Å². The third kappa shape index (κ3) is 2.86. The first-order chi connectivity index (χ1) is 10.5. The Labute approximate surface area is 133 Å². The van der Waals surface area contributed by atoms with Crippen molar-refractivity contribution in [1.82, 2.24) is 14.1 Å². The van der Waals surface area contributed by atoms with Crippen LogP contribution in [0.1, 0.15) is 28.9 Å². The molecule has 8 heteroatoms. The van der Waals surface area contributed by atoms with E-state index in [9.17, 15) is 13.2 Å². The van der Waals surface area contributed by atoms with Crippen LogP contribution in [0.15, 0.2) is 34.8 Å². The number of carbonyl (C=O) groups excluding carboxylic acids is 1. The fraction of sp³-hybridized carbons (Fsp3) is 0.429. The lowest BCUT2D eigenvalue weighted by atomic mass is 10.1. The molecule has 6 nitrogen and oxygen atoms in total. The quantitative estimate of drug-likeness (QED) is 0.780. The number of aromatic nitrogens is 2. The maximum atomic E-state index is 12.7. The number of aryl methyl sites for hydroxylation is 1. The molecule has 118 valence electrons. The van der Waals surface area contributed by atoms with Crippen LogP contribution in [0.3, 0.4) is 0 Å². The lowest BCUT2D eigenvalue weighted by molar-refractivity contribution is 0.0965. The lowest BCUT2D eigenvalue weighted by Crippen LogP contribution is -2.36. The Bertz CT molecular complexity index is 765. The van der Waals surface area contributed by atoms with E-state index in [1.54, 1.807) is 13.1 Å². The second kappa shape index (κ2) is 5.94. The van der Waals surface area contributed by atoms with Crippen molar-refractivity contribution >= 4 is 27.1 Å². The number of rotatable bonds is 5. The van der Waals surface area contributed by atoms with E-state index in [-0.39, 0.29) is 23.1 Å². The van der Waals surface area contributed by atoms with Gasteiger partial charge in [-0.1, -0.05) is 6.07 Å². The number of ketones is 1. The molecule has 0 unspecified atom stereocenters. The maximum absolute atomic E-state index is 12.7. The third-order valence-corrected chi connectivity index (χ3v) is 6.64. The van der Waals surface area contributed by atoms with Crippen molar-refractivity contribution in [2.75, 3.05) is 6.54 Å². The van der Waals surface area contributed by atoms with Crippen molar-refractivity contribution < 1.29 is 13.2 Å². The highest BCUT2D eigenvalue weighted by atomic mass is 32.2. The minimum absolute atomic E-state index is 0.00767. The van der Waals surface area contributed by atoms with Crippen LogP contribution in [-0.4, -0.2) is 40.9 Å². The van der Waals surface area contributed by atoms with E-state index in [1.807, 2.05) is 11.4 Å². The average molecular weight is 339 g/mol. The molecule has 2 aromatic heterocycles. The standard InChI is InChI=1S/C14H17N3O3S2/c1-16-10-12(9-15-16)22(19,20)17-6-2-4-11(17)8-13(18)14-5-3-7-21-14/h3,5,7,9-11H,2,4,6,8H2,1H3/t11-/m0/s1. The van der Waals surface area contributed by atoms with Gasteiger partial charge in [0, 0.05) is 32.3 Å². The van der Waals surface area contributed by atoms with Crippen LogP contribution in [0, 0.1) is 0 Å². The molecule has 1 saturated heterocycles. The molecule has 0 bridgehead atoms. The molecule has 1 aliphatic heterocycles. The topological polar surface area (TPSA) is 72.3 Å². The normalized spacial score (nSPS) is 19.6. The van der Waals surface area contributed by atoms with Gasteiger partial charge in [-0.3, -0.25) is 9.48 Å². The van der Waals surface area contributed by atoms with Gasteiger partial charge in [-0.05, 0) is 24.3 Å². The number of Topliss-reactive ketones (excluding diaryl/α,β-unsaturated/α-hetero) is 1. The first kappa shape index (κ1) is 15.4. The minimum atomic E-state index is -3.58. The first-order valence-corrected chi connectivity index (χ1v) is 9.37. The van der Waals surface area contributed by atoms with E-state index in [0.29, 0.717) is 11.4 Å². The van der Waals surface area contributed by atoms with E-state index in [4.69, 9.17) is 0 Å². The Kier molecular flexibility index (Phi) is 4.16. The summed E-state index contributed by atoms with van der Waals surface area (Å²) in [6.07, 6.45) is 4.58. The predicted octanol–water partition coefficient (Wildman–Crippen LogP) is 1.91. The van der Waals surface area contributed by atoms with Crippen molar-refractivity contribution in [3.63, 3.8) is 0 Å². The number of hydrogen-bond donors (Lipinski definition) is 0. The van der Waals surface area contributed by atoms with E-state index in [0.717, 1.165) is 12.8 Å². The summed E-state index contributed by atoms with van der Waals surface area (Å²) >= 11 is 1.39. The van der Waals surface area contributed by atoms with Gasteiger partial charge in [0.2, 0.25) is 10.0 Å². The Morgan fingerprint density at radius 2 is 2.32 bits per heavy atom. The maximum Gasteiger partial charge on any atom is 0.246 e. The number of hydrogen-bond acceptors (Lipinski definition) is 5. The summed E-state index contributed by atoms with van der Waals surface area (Å²) in [6.45, 7) is 0.458. The molecule has 22 heavy (non-hydrogen) atoms. The van der Waals surface area contributed by atoms with Gasteiger partial charge < -0.3 is 0 Å². The zero-order valence-corrected chi connectivity index (χ0v) is 13.8. The molecule has 0 spiro atoms. The molecule has 1 atom stereocenters. The largest absolute Gasteiger partial charge is 0.293 e. The van der Waals surface area contributed by atoms with Crippen LogP contribution in [0.4, 0.5) is 0 Å². The SMILES string of the molecule is Cn1cc(S(=O)(=O)N2CCC[C@H]2CC(=O)c2cccs2)cn1. The van der Waals surface area contributed by atoms with Crippen LogP contribution >= 0.6 is 11.3 Å². The second-order valence-electron chi connectivity index (χ2n) is 5.37. The first-order valence-electron chi connectivity index (χ1n) is 7.05. The molecular weight excluding hydrogens is 322 g/mol. The van der Waals surface area contributed by atoms with Gasteiger partial charge in [-0.2, -0.15) is 9.40 Å². The van der Waals surface area contributed by atoms with Crippen molar-refractivity contribution in [1.29, 1.82) is 0 Å². The lowest BCUT2D eigenvalue weighted by Gasteiger charge is -2.22. The highest BCUT2D eigenvalue weighted by Gasteiger charge is 2.37. The highest BCUT2D eigenvalue weighted by Crippen LogP contribution is 2.29. The summed E-state index contributed by atoms with van der Waals surface area (Å²) in [4.78, 5) is 13.1. The van der Waals surface area contributed by atoms with E-state index >= 15 is 0 Å². The fourth-order valence-corrected chi connectivity index (χ4v) is 5.10. The molecule has 1 fully saturated rings. The predicted molar refractivity (Wildman–Crippen MR) is 83.4 cm³/mol. The monoisotopic (exact) mass is 339 g/mol. The Morgan fingerprint density at radius 1 is 1.50 bits per heavy atom. The molecule has 1 aliphatic rings. The number of thiophene rings is 1. The van der Waals surface area contributed by atoms with Gasteiger partial charge >= 0.3 is 0 Å². The molecule has 3 rings (SSSR count). The summed E-state index contributed by atoms with van der Waals surface area (Å²) in [5, 5.41) is 5.78. The second-order valence-corrected chi connectivity index (χ2v) is 8.20. The number of sulfonamides is 1. The molecule has 0 aromatic carbocycles. The number of carbonyl (C=O) groups is 1. The van der Waals surface area contributed by atoms with E-state index in [1.165, 1.54) is 32.7 Å². The molecule has 0 aliphatic carbocycles. The Morgan fingerprint density at radius 3 is 2.95 bits per heavy atom. The fourth-order valence-electron chi connectivity index (χ4n) is 2.75. The summed E-state index contributed by atoms with van der Waals surface area (Å²) in [7, 11) is -1.90. The molecular formula is C14H17N3O3S2. The van der Waals surface area contributed by atoms with E-state index in [2.05, 4.69) is 5.10 Å². The van der Waals surface area contributed by atoms with Crippen molar-refractivity contribution in [3.05, 3.63) is 34.8 Å². The van der Waals surface area contributed by atoms with Crippen LogP contribution < -0.4 is 0 Å². The summed E-state index contributed by atoms with van der Waals surface area (Å²) in [6, 6.07) is 3.35. The van der Waals surface area contributed by atoms with Gasteiger partial charge in [-0.15, -0.1) is 11.3 Å². The minimum Gasteiger partial charge on any atom is -0.293 e. The van der Waals surface area contributed by atoms with Gasteiger partial charge in [0.25, 0.3) is 0 Å². The average Bonchev–Trinajstić information content (AvgIpc) is 3.19. The molecule has 0 amide bonds. The zero-order chi connectivity index (χ0) is 15.7. The summed E-state index contributed by atoms with van der Waals surface area (Å²) < 4.78 is 28.3. The van der Waals surface area contributed by atoms with Crippen LogP contribution in [0.25, 0.3) is 0 Å². The van der Waals surface area contributed by atoms with Crippen LogP contribution in [-0.2, 0) is 17.1 Å². The van der Waals surface area contributed by atoms with Crippen molar-refractivity contribution in [3.8, 4) is 0 Å². The van der Waals surface area contributed by atoms with E-state index < -0.39 is 10.0 Å². The highest BCUT2D eigenvalue weighted by molar-refractivity contribution is 7.89. The molecule has 0 saturated carbocycles. The van der Waals surface area contributed by atoms with Gasteiger partial charge in [-0.25, -0.2) is 8.42 Å². The molecule has 0 radical (unpaired) electrons. The summed E-state index contributed by atoms with van der Waals surface area (Å²) in [5.41, 5.74) is 0. The summed E-state index contributed by atoms with van der Waals surface area (Å²) in [5.74, 6) is 0.00767. The van der Waals surface area contributed by atoms with Crippen molar-refractivity contribution in [2.45, 2.75) is 30.2 Å². The van der Waals surface area contributed by atoms with Crippen molar-refractivity contribution in [2.24, 2.45) is 7.05 Å². The van der Waals surface area contributed by atoms with Crippen LogP contribution in [0.2, 0.25) is 0 Å². The van der Waals surface area contributed by atoms with Crippen LogP contribution in [0.5, 0.6) is 0 Å².